The minimum absolute atomic E-state index is 0.0816. The fourth-order valence-electron chi connectivity index (χ4n) is 8.44. The second-order valence-corrected chi connectivity index (χ2v) is 16.9. The van der Waals surface area contributed by atoms with Gasteiger partial charge in [-0.05, 0) is 90.5 Å². The summed E-state index contributed by atoms with van der Waals surface area (Å²) in [6.45, 7) is 3.51. The van der Waals surface area contributed by atoms with Crippen molar-refractivity contribution in [3.05, 3.63) is 158 Å². The Labute approximate surface area is 375 Å². The fraction of sp³-hybridized carbons (Fsp3) is 0.333. The number of esters is 1. The molecule has 1 aromatic heterocycles. The molecular formula is C48H48Cl2N4O9. The highest BCUT2D eigenvalue weighted by Crippen LogP contribution is 2.37. The largest absolute Gasteiger partial charge is 0.619 e. The summed E-state index contributed by atoms with van der Waals surface area (Å²) in [5.74, 6) is 0.695. The lowest BCUT2D eigenvalue weighted by Gasteiger charge is -2.43. The van der Waals surface area contributed by atoms with E-state index in [4.69, 9.17) is 46.9 Å². The lowest BCUT2D eigenvalue weighted by Crippen LogP contribution is -2.53. The number of rotatable bonds is 15. The van der Waals surface area contributed by atoms with Crippen molar-refractivity contribution in [2.75, 3.05) is 46.9 Å². The van der Waals surface area contributed by atoms with Crippen molar-refractivity contribution in [2.45, 2.75) is 44.1 Å². The summed E-state index contributed by atoms with van der Waals surface area (Å²) in [5.41, 5.74) is 4.13. The van der Waals surface area contributed by atoms with Gasteiger partial charge in [-0.1, -0.05) is 83.9 Å². The van der Waals surface area contributed by atoms with Gasteiger partial charge in [0, 0.05) is 37.2 Å². The van der Waals surface area contributed by atoms with Crippen molar-refractivity contribution < 1.29 is 42.8 Å². The van der Waals surface area contributed by atoms with Crippen LogP contribution in [0.5, 0.6) is 17.2 Å². The minimum Gasteiger partial charge on any atom is -0.619 e. The van der Waals surface area contributed by atoms with E-state index >= 15 is 0 Å². The van der Waals surface area contributed by atoms with Crippen molar-refractivity contribution in [3.63, 3.8) is 0 Å². The number of benzene rings is 4. The predicted octanol–water partition coefficient (Wildman–Crippen LogP) is 7.73. The highest BCUT2D eigenvalue weighted by atomic mass is 35.5. The molecule has 4 aliphatic rings. The Morgan fingerprint density at radius 3 is 2.17 bits per heavy atom. The van der Waals surface area contributed by atoms with E-state index in [0.717, 1.165) is 49.2 Å². The van der Waals surface area contributed by atoms with Gasteiger partial charge < -0.3 is 39.1 Å². The number of carbonyl (C=O) groups excluding carboxylic acids is 3. The van der Waals surface area contributed by atoms with Gasteiger partial charge in [-0.3, -0.25) is 14.5 Å². The van der Waals surface area contributed by atoms with E-state index in [1.54, 1.807) is 35.2 Å². The summed E-state index contributed by atoms with van der Waals surface area (Å²) in [6.07, 6.45) is 3.17. The molecule has 0 spiro atoms. The van der Waals surface area contributed by atoms with E-state index < -0.39 is 30.1 Å². The Balaban J connectivity index is 0.865. The fourth-order valence-corrected chi connectivity index (χ4v) is 9.04. The molecular weight excluding hydrogens is 847 g/mol. The number of carbonyl (C=O) groups is 3. The van der Waals surface area contributed by atoms with Crippen molar-refractivity contribution in [1.29, 1.82) is 0 Å². The number of aromatic nitrogens is 1. The maximum absolute atomic E-state index is 13.5. The van der Waals surface area contributed by atoms with Crippen molar-refractivity contribution >= 4 is 41.2 Å². The van der Waals surface area contributed by atoms with Crippen LogP contribution in [0.4, 0.5) is 4.79 Å². The molecule has 0 saturated carbocycles. The lowest BCUT2D eigenvalue weighted by molar-refractivity contribution is -0.605. The van der Waals surface area contributed by atoms with E-state index in [9.17, 15) is 19.6 Å². The molecule has 15 heteroatoms. The van der Waals surface area contributed by atoms with Crippen LogP contribution in [0.15, 0.2) is 109 Å². The van der Waals surface area contributed by atoms with Crippen molar-refractivity contribution in [1.82, 2.24) is 15.1 Å². The maximum atomic E-state index is 13.5. The van der Waals surface area contributed by atoms with Crippen LogP contribution < -0.4 is 24.3 Å². The van der Waals surface area contributed by atoms with Gasteiger partial charge in [0.15, 0.2) is 23.9 Å². The van der Waals surface area contributed by atoms with E-state index in [1.807, 2.05) is 66.7 Å². The first-order valence-corrected chi connectivity index (χ1v) is 21.6. The summed E-state index contributed by atoms with van der Waals surface area (Å²) in [5, 5.41) is 15.3. The van der Waals surface area contributed by atoms with Gasteiger partial charge in [0.05, 0.1) is 26.2 Å². The van der Waals surface area contributed by atoms with Crippen LogP contribution in [0.2, 0.25) is 10.0 Å². The van der Waals surface area contributed by atoms with Crippen LogP contribution in [0, 0.1) is 17.0 Å². The molecule has 13 nitrogen and oxygen atoms in total. The lowest BCUT2D eigenvalue weighted by atomic mass is 9.86. The number of piperidine rings is 3. The second kappa shape index (κ2) is 19.6. The third kappa shape index (κ3) is 10.3. The van der Waals surface area contributed by atoms with E-state index in [2.05, 4.69) is 10.2 Å². The average Bonchev–Trinajstić information content (AvgIpc) is 3.28. The molecule has 328 valence electrons. The first-order valence-electron chi connectivity index (χ1n) is 20.9. The van der Waals surface area contributed by atoms with Gasteiger partial charge in [-0.2, -0.15) is 4.73 Å². The highest BCUT2D eigenvalue weighted by molar-refractivity contribution is 6.35. The van der Waals surface area contributed by atoms with Crippen LogP contribution in [0.3, 0.4) is 0 Å². The number of halogens is 2. The molecule has 5 heterocycles. The molecule has 0 aliphatic carbocycles. The third-order valence-corrected chi connectivity index (χ3v) is 12.7. The number of pyridine rings is 1. The standard InChI is InChI=1S/C48H48Cl2N4O9/c1-59-41-16-15-34(22-43(41)60-2)42(23-38-39(49)26-54(58)27-40(38)50)62-47(56)36-24-53(25-36)46(55)33-13-11-30(12-14-33)29-61-37-10-6-9-35(21-37)45(32-7-4-3-5-8-32)51-48(57)63-44-28-52-19-17-31(44)18-20-52/h3-16,21-22,26-27,31,36,42,44-45H,17-20,23-25,28-29H2,1-2H3,(H,51,57)/t42-,44-,45-/m0/s1. The molecule has 2 bridgehead atoms. The SMILES string of the molecule is COc1ccc([C@H](Cc2c(Cl)c[n+]([O-])cc2Cl)OC(=O)C2CN(C(=O)c3ccc(COc4cccc([C@@H](NC(=O)O[C@H]5CN6CCC5CC6)c5ccccc5)c4)cc3)C2)cc1OC. The van der Waals surface area contributed by atoms with Gasteiger partial charge in [0.2, 0.25) is 0 Å². The zero-order valence-corrected chi connectivity index (χ0v) is 36.4. The molecule has 4 fully saturated rings. The first kappa shape index (κ1) is 43.6. The monoisotopic (exact) mass is 894 g/mol. The molecule has 1 N–H and O–H groups in total. The smallest absolute Gasteiger partial charge is 0.408 e. The van der Waals surface area contributed by atoms with Crippen molar-refractivity contribution in [3.8, 4) is 17.2 Å². The molecule has 4 saturated heterocycles. The summed E-state index contributed by atoms with van der Waals surface area (Å²) >= 11 is 12.8. The zero-order chi connectivity index (χ0) is 44.0. The highest BCUT2D eigenvalue weighted by Gasteiger charge is 2.39. The minimum atomic E-state index is -0.845. The topological polar surface area (TPSA) is 143 Å². The van der Waals surface area contributed by atoms with Crippen LogP contribution in [0.25, 0.3) is 0 Å². The number of nitrogens with one attached hydrogen (secondary N) is 1. The average molecular weight is 896 g/mol. The summed E-state index contributed by atoms with van der Waals surface area (Å²) in [4.78, 5) is 44.2. The number of methoxy groups -OCH3 is 2. The normalized spacial score (nSPS) is 19.0. The number of hydrogen-bond donors (Lipinski definition) is 1. The van der Waals surface area contributed by atoms with Crippen molar-refractivity contribution in [2.24, 2.45) is 11.8 Å². The summed E-state index contributed by atoms with van der Waals surface area (Å²) in [6, 6.07) is 29.3. The molecule has 4 aromatic carbocycles. The van der Waals surface area contributed by atoms with Gasteiger partial charge >= 0.3 is 12.1 Å². The van der Waals surface area contributed by atoms with Crippen LogP contribution in [-0.2, 0) is 27.3 Å². The van der Waals surface area contributed by atoms with Crippen LogP contribution in [0.1, 0.15) is 63.2 Å². The Morgan fingerprint density at radius 2 is 1.51 bits per heavy atom. The van der Waals surface area contributed by atoms with Gasteiger partial charge in [0.1, 0.15) is 34.6 Å². The summed E-state index contributed by atoms with van der Waals surface area (Å²) in [7, 11) is 3.02. The van der Waals surface area contributed by atoms with Crippen LogP contribution in [-0.4, -0.2) is 80.8 Å². The quantitative estimate of drug-likeness (QED) is 0.0631. The number of ether oxygens (including phenoxy) is 5. The Bertz CT molecular complexity index is 2400. The molecule has 9 rings (SSSR count). The number of nitrogens with zero attached hydrogens (tertiary/aromatic N) is 3. The van der Waals surface area contributed by atoms with E-state index in [0.29, 0.717) is 44.6 Å². The number of fused-ring (bicyclic) bond motifs is 3. The molecule has 0 radical (unpaired) electrons. The second-order valence-electron chi connectivity index (χ2n) is 16.1. The van der Waals surface area contributed by atoms with Gasteiger partial charge in [-0.25, -0.2) is 4.79 Å². The van der Waals surface area contributed by atoms with E-state index in [1.165, 1.54) is 26.6 Å². The molecule has 63 heavy (non-hydrogen) atoms. The number of hydrogen-bond acceptors (Lipinski definition) is 10. The number of amides is 2. The Morgan fingerprint density at radius 1 is 0.810 bits per heavy atom. The molecule has 0 unspecified atom stereocenters. The Hall–Kier alpha value is -6.02. The predicted molar refractivity (Wildman–Crippen MR) is 235 cm³/mol. The molecule has 5 aromatic rings. The first-order chi connectivity index (χ1) is 30.5. The van der Waals surface area contributed by atoms with Gasteiger partial charge in [-0.15, -0.1) is 0 Å². The maximum Gasteiger partial charge on any atom is 0.408 e. The molecule has 2 amide bonds. The van der Waals surface area contributed by atoms with Crippen LogP contribution >= 0.6 is 23.2 Å². The Kier molecular flexibility index (Phi) is 13.6. The zero-order valence-electron chi connectivity index (χ0n) is 34.9. The summed E-state index contributed by atoms with van der Waals surface area (Å²) < 4.78 is 29.6. The van der Waals surface area contributed by atoms with E-state index in [-0.39, 0.29) is 48.2 Å². The third-order valence-electron chi connectivity index (χ3n) is 12.0. The number of alkyl carbamates (subject to hydrolysis) is 1. The van der Waals surface area contributed by atoms with Gasteiger partial charge in [0.25, 0.3) is 5.91 Å². The molecule has 3 atom stereocenters. The number of likely N-dealkylation sites (tertiary alicyclic amines) is 1. The molecule has 4 aliphatic heterocycles.